The molecule has 19 heavy (non-hydrogen) atoms. The molecule has 2 aliphatic rings. The maximum atomic E-state index is 11.6. The van der Waals surface area contributed by atoms with Gasteiger partial charge in [0.05, 0.1) is 12.6 Å². The zero-order chi connectivity index (χ0) is 13.4. The van der Waals surface area contributed by atoms with Crippen LogP contribution in [-0.2, 0) is 9.53 Å². The Morgan fingerprint density at radius 1 is 1.47 bits per heavy atom. The van der Waals surface area contributed by atoms with Crippen molar-refractivity contribution in [1.82, 2.24) is 15.0 Å². The Labute approximate surface area is 110 Å². The van der Waals surface area contributed by atoms with Crippen molar-refractivity contribution in [2.45, 2.75) is 37.9 Å². The van der Waals surface area contributed by atoms with Crippen LogP contribution in [0.5, 0.6) is 0 Å². The Morgan fingerprint density at radius 3 is 2.95 bits per heavy atom. The predicted molar refractivity (Wildman–Crippen MR) is 63.2 cm³/mol. The van der Waals surface area contributed by atoms with Crippen molar-refractivity contribution < 1.29 is 19.2 Å². The second-order valence-electron chi connectivity index (χ2n) is 5.16. The number of amides is 1. The van der Waals surface area contributed by atoms with Crippen LogP contribution in [0.15, 0.2) is 4.52 Å². The molecule has 0 bridgehead atoms. The summed E-state index contributed by atoms with van der Waals surface area (Å²) in [6.07, 6.45) is 1.69. The molecule has 1 aliphatic carbocycles. The first-order chi connectivity index (χ1) is 9.17. The summed E-state index contributed by atoms with van der Waals surface area (Å²) in [6.45, 7) is 2.20. The Kier molecular flexibility index (Phi) is 3.24. The van der Waals surface area contributed by atoms with Gasteiger partial charge in [-0.15, -0.1) is 0 Å². The Bertz CT molecular complexity index is 471. The number of aromatic nitrogens is 2. The molecule has 2 fully saturated rings. The number of aliphatic hydroxyl groups excluding tert-OH is 1. The van der Waals surface area contributed by atoms with Gasteiger partial charge >= 0.3 is 0 Å². The summed E-state index contributed by atoms with van der Waals surface area (Å²) in [4.78, 5) is 17.5. The molecule has 1 amide bonds. The Morgan fingerprint density at radius 2 is 2.26 bits per heavy atom. The number of carbonyl (C=O) groups excluding carboxylic acids is 1. The third kappa shape index (κ3) is 2.62. The summed E-state index contributed by atoms with van der Waals surface area (Å²) in [5.41, 5.74) is 0. The lowest BCUT2D eigenvalue weighted by molar-refractivity contribution is -0.149. The van der Waals surface area contributed by atoms with Gasteiger partial charge in [0, 0.05) is 12.5 Å². The van der Waals surface area contributed by atoms with Crippen molar-refractivity contribution in [1.29, 1.82) is 0 Å². The molecule has 1 saturated heterocycles. The number of hydrogen-bond donors (Lipinski definition) is 1. The number of carbonyl (C=O) groups is 1. The molecule has 104 valence electrons. The van der Waals surface area contributed by atoms with Gasteiger partial charge in [-0.1, -0.05) is 5.16 Å². The van der Waals surface area contributed by atoms with E-state index in [0.717, 1.165) is 18.7 Å². The maximum Gasteiger partial charge on any atom is 0.257 e. The van der Waals surface area contributed by atoms with E-state index in [-0.39, 0.29) is 12.0 Å². The van der Waals surface area contributed by atoms with Crippen LogP contribution in [0.4, 0.5) is 0 Å². The van der Waals surface area contributed by atoms with Gasteiger partial charge in [-0.25, -0.2) is 0 Å². The summed E-state index contributed by atoms with van der Waals surface area (Å²) in [5.74, 6) is 1.27. The summed E-state index contributed by atoms with van der Waals surface area (Å²) in [6, 6.07) is 0. The number of ether oxygens (including phenoxy) is 1. The molecule has 3 rings (SSSR count). The molecule has 1 aliphatic heterocycles. The number of nitrogens with zero attached hydrogens (tertiary/aromatic N) is 3. The number of rotatable bonds is 3. The second-order valence-corrected chi connectivity index (χ2v) is 5.16. The molecule has 0 radical (unpaired) electrons. The van der Waals surface area contributed by atoms with Crippen LogP contribution in [0.25, 0.3) is 0 Å². The van der Waals surface area contributed by atoms with Crippen molar-refractivity contribution in [3.8, 4) is 0 Å². The minimum atomic E-state index is -0.489. The van der Waals surface area contributed by atoms with E-state index in [1.165, 1.54) is 0 Å². The van der Waals surface area contributed by atoms with Gasteiger partial charge in [0.1, 0.15) is 6.61 Å². The average Bonchev–Trinajstić information content (AvgIpc) is 3.14. The monoisotopic (exact) mass is 267 g/mol. The molecule has 0 aromatic carbocycles. The molecule has 1 aromatic heterocycles. The van der Waals surface area contributed by atoms with Crippen molar-refractivity contribution in [3.63, 3.8) is 0 Å². The second kappa shape index (κ2) is 4.90. The van der Waals surface area contributed by atoms with E-state index < -0.39 is 12.7 Å². The molecule has 7 heteroatoms. The average molecular weight is 267 g/mol. The van der Waals surface area contributed by atoms with Crippen molar-refractivity contribution in [2.24, 2.45) is 0 Å². The molecular weight excluding hydrogens is 250 g/mol. The SMILES string of the molecule is C[C@@H]1CN(C(=O)CO)C[C@H](c2nc(C3CC3)no2)O1. The van der Waals surface area contributed by atoms with Gasteiger partial charge in [0.15, 0.2) is 11.9 Å². The van der Waals surface area contributed by atoms with Gasteiger partial charge in [-0.05, 0) is 19.8 Å². The smallest absolute Gasteiger partial charge is 0.257 e. The standard InChI is InChI=1S/C12H17N3O4/c1-7-4-15(10(17)6-16)5-9(18-7)12-13-11(14-19-12)8-2-3-8/h7-9,16H,2-6H2,1H3/t7-,9-/m1/s1. The first-order valence-corrected chi connectivity index (χ1v) is 6.55. The van der Waals surface area contributed by atoms with Gasteiger partial charge in [-0.2, -0.15) is 4.98 Å². The lowest BCUT2D eigenvalue weighted by Crippen LogP contribution is -2.47. The van der Waals surface area contributed by atoms with Crippen LogP contribution in [0.3, 0.4) is 0 Å². The quantitative estimate of drug-likeness (QED) is 0.843. The molecule has 2 atom stereocenters. The highest BCUT2D eigenvalue weighted by atomic mass is 16.5. The van der Waals surface area contributed by atoms with Crippen LogP contribution < -0.4 is 0 Å². The van der Waals surface area contributed by atoms with Gasteiger partial charge in [0.2, 0.25) is 5.91 Å². The third-order valence-corrected chi connectivity index (χ3v) is 3.42. The maximum absolute atomic E-state index is 11.6. The van der Waals surface area contributed by atoms with Crippen LogP contribution in [0, 0.1) is 0 Å². The molecule has 0 spiro atoms. The summed E-state index contributed by atoms with van der Waals surface area (Å²) < 4.78 is 11.0. The van der Waals surface area contributed by atoms with Gasteiger partial charge in [0.25, 0.3) is 5.89 Å². The molecule has 1 N–H and O–H groups in total. The van der Waals surface area contributed by atoms with E-state index in [2.05, 4.69) is 10.1 Å². The van der Waals surface area contributed by atoms with E-state index in [1.54, 1.807) is 4.90 Å². The fraction of sp³-hybridized carbons (Fsp3) is 0.750. The van der Waals surface area contributed by atoms with E-state index in [9.17, 15) is 4.79 Å². The zero-order valence-electron chi connectivity index (χ0n) is 10.8. The molecule has 2 heterocycles. The van der Waals surface area contributed by atoms with E-state index in [1.807, 2.05) is 6.92 Å². The zero-order valence-corrected chi connectivity index (χ0v) is 10.8. The van der Waals surface area contributed by atoms with E-state index in [4.69, 9.17) is 14.4 Å². The highest BCUT2D eigenvalue weighted by Crippen LogP contribution is 2.38. The van der Waals surface area contributed by atoms with E-state index in [0.29, 0.717) is 24.9 Å². The van der Waals surface area contributed by atoms with Crippen LogP contribution in [-0.4, -0.2) is 51.9 Å². The molecule has 1 saturated carbocycles. The van der Waals surface area contributed by atoms with E-state index >= 15 is 0 Å². The molecule has 0 unspecified atom stereocenters. The summed E-state index contributed by atoms with van der Waals surface area (Å²) >= 11 is 0. The number of morpholine rings is 1. The molecular formula is C12H17N3O4. The van der Waals surface area contributed by atoms with Crippen molar-refractivity contribution in [3.05, 3.63) is 11.7 Å². The minimum Gasteiger partial charge on any atom is -0.387 e. The topological polar surface area (TPSA) is 88.7 Å². The Hall–Kier alpha value is -1.47. The van der Waals surface area contributed by atoms with Crippen LogP contribution in [0.2, 0.25) is 0 Å². The minimum absolute atomic E-state index is 0.120. The summed E-state index contributed by atoms with van der Waals surface area (Å²) in [5, 5.41) is 12.9. The first-order valence-electron chi connectivity index (χ1n) is 6.55. The van der Waals surface area contributed by atoms with Crippen molar-refractivity contribution in [2.75, 3.05) is 19.7 Å². The summed E-state index contributed by atoms with van der Waals surface area (Å²) in [7, 11) is 0. The highest BCUT2D eigenvalue weighted by molar-refractivity contribution is 5.77. The fourth-order valence-electron chi connectivity index (χ4n) is 2.28. The fourth-order valence-corrected chi connectivity index (χ4v) is 2.28. The number of aliphatic hydroxyl groups is 1. The third-order valence-electron chi connectivity index (χ3n) is 3.42. The van der Waals surface area contributed by atoms with Gasteiger partial charge < -0.3 is 19.3 Å². The lowest BCUT2D eigenvalue weighted by atomic mass is 10.2. The number of hydrogen-bond acceptors (Lipinski definition) is 6. The largest absolute Gasteiger partial charge is 0.387 e. The first kappa shape index (κ1) is 12.6. The molecule has 1 aromatic rings. The van der Waals surface area contributed by atoms with Crippen LogP contribution in [0.1, 0.15) is 43.5 Å². The van der Waals surface area contributed by atoms with Gasteiger partial charge in [-0.3, -0.25) is 4.79 Å². The predicted octanol–water partition coefficient (Wildman–Crippen LogP) is 0.228. The lowest BCUT2D eigenvalue weighted by Gasteiger charge is -2.34. The highest BCUT2D eigenvalue weighted by Gasteiger charge is 2.34. The van der Waals surface area contributed by atoms with Crippen LogP contribution >= 0.6 is 0 Å². The molecule has 7 nitrogen and oxygen atoms in total. The normalized spacial score (nSPS) is 27.6. The van der Waals surface area contributed by atoms with Crippen molar-refractivity contribution >= 4 is 5.91 Å². The Balaban J connectivity index is 1.72.